The van der Waals surface area contributed by atoms with Crippen LogP contribution < -0.4 is 4.90 Å². The summed E-state index contributed by atoms with van der Waals surface area (Å²) < 4.78 is 7.44. The fraction of sp³-hybridized carbons (Fsp3) is 0.348. The van der Waals surface area contributed by atoms with E-state index < -0.39 is 0 Å². The summed E-state index contributed by atoms with van der Waals surface area (Å²) in [5.41, 5.74) is 6.52. The van der Waals surface area contributed by atoms with Crippen LogP contribution >= 0.6 is 0 Å². The lowest BCUT2D eigenvalue weighted by Crippen LogP contribution is -2.44. The van der Waals surface area contributed by atoms with Crippen molar-refractivity contribution in [1.82, 2.24) is 25.0 Å². The highest BCUT2D eigenvalue weighted by molar-refractivity contribution is 5.95. The van der Waals surface area contributed by atoms with Gasteiger partial charge in [0.15, 0.2) is 0 Å². The van der Waals surface area contributed by atoms with E-state index in [4.69, 9.17) is 9.72 Å². The summed E-state index contributed by atoms with van der Waals surface area (Å²) in [7, 11) is 1.91. The maximum atomic E-state index is 9.80. The summed E-state index contributed by atoms with van der Waals surface area (Å²) in [6.45, 7) is 6.24. The molecular weight excluding hydrogens is 392 g/mol. The van der Waals surface area contributed by atoms with Crippen LogP contribution in [0.25, 0.3) is 33.4 Å². The molecule has 5 rings (SSSR count). The first-order valence-corrected chi connectivity index (χ1v) is 10.5. The van der Waals surface area contributed by atoms with Crippen LogP contribution in [0.1, 0.15) is 18.2 Å². The minimum absolute atomic E-state index is 0.0280. The number of nitrogens with one attached hydrogen (secondary N) is 1. The number of aromatic nitrogens is 5. The fourth-order valence-corrected chi connectivity index (χ4v) is 4.39. The lowest BCUT2D eigenvalue weighted by molar-refractivity contribution is 0.0985. The molecule has 0 saturated carbocycles. The Hall–Kier alpha value is -3.23. The van der Waals surface area contributed by atoms with Gasteiger partial charge in [0.25, 0.3) is 0 Å². The van der Waals surface area contributed by atoms with E-state index in [0.717, 1.165) is 57.0 Å². The van der Waals surface area contributed by atoms with Crippen molar-refractivity contribution in [1.29, 1.82) is 0 Å². The van der Waals surface area contributed by atoms with Crippen molar-refractivity contribution in [2.24, 2.45) is 7.05 Å². The minimum atomic E-state index is -0.0280. The molecule has 4 aromatic rings. The molecular formula is C23H26N6O2. The smallest absolute Gasteiger partial charge is 0.130 e. The number of nitrogens with zero attached hydrogens (tertiary/aromatic N) is 5. The normalized spacial score (nSPS) is 16.9. The van der Waals surface area contributed by atoms with E-state index in [1.807, 2.05) is 38.4 Å². The molecule has 1 saturated heterocycles. The monoisotopic (exact) mass is 418 g/mol. The number of aromatic amines is 1. The number of aliphatic hydroxyl groups is 1. The molecule has 1 unspecified atom stereocenters. The van der Waals surface area contributed by atoms with Gasteiger partial charge in [-0.2, -0.15) is 0 Å². The number of ether oxygens (including phenoxy) is 1. The molecule has 2 N–H and O–H groups in total. The Morgan fingerprint density at radius 3 is 2.87 bits per heavy atom. The van der Waals surface area contributed by atoms with Gasteiger partial charge >= 0.3 is 0 Å². The lowest BCUT2D eigenvalue weighted by atomic mass is 10.0. The van der Waals surface area contributed by atoms with E-state index in [9.17, 15) is 5.11 Å². The van der Waals surface area contributed by atoms with Crippen molar-refractivity contribution in [3.63, 3.8) is 0 Å². The van der Waals surface area contributed by atoms with Gasteiger partial charge in [0.1, 0.15) is 5.82 Å². The van der Waals surface area contributed by atoms with E-state index in [1.54, 1.807) is 4.68 Å². The fourth-order valence-electron chi connectivity index (χ4n) is 4.39. The molecule has 1 fully saturated rings. The summed E-state index contributed by atoms with van der Waals surface area (Å²) >= 11 is 0. The highest BCUT2D eigenvalue weighted by atomic mass is 16.5. The number of rotatable bonds is 4. The maximum Gasteiger partial charge on any atom is 0.130 e. The zero-order valence-corrected chi connectivity index (χ0v) is 18.0. The van der Waals surface area contributed by atoms with E-state index in [2.05, 4.69) is 39.3 Å². The lowest BCUT2D eigenvalue weighted by Gasteiger charge is -2.34. The Bertz CT molecular complexity index is 1220. The van der Waals surface area contributed by atoms with Gasteiger partial charge in [-0.1, -0.05) is 5.21 Å². The van der Waals surface area contributed by atoms with Gasteiger partial charge in [-0.3, -0.25) is 0 Å². The molecule has 4 heterocycles. The molecule has 1 aromatic carbocycles. The van der Waals surface area contributed by atoms with Crippen LogP contribution in [-0.2, 0) is 18.4 Å². The number of aryl methyl sites for hydroxylation is 2. The highest BCUT2D eigenvalue weighted by Gasteiger charge is 2.23. The standard InChI is InChI=1S/C23H26N6O2/c1-14-13-31-7-6-29(14)22-11-17(23-15(2)26-27-28(23)3)10-21(25-22)19-8-16(12-30)9-20-18(19)4-5-24-20/h4-5,8-11,14,24,30H,6-7,12-13H2,1-3H3. The third-order valence-corrected chi connectivity index (χ3v) is 5.93. The second-order valence-corrected chi connectivity index (χ2v) is 8.10. The predicted molar refractivity (Wildman–Crippen MR) is 120 cm³/mol. The third kappa shape index (κ3) is 3.47. The maximum absolute atomic E-state index is 9.80. The largest absolute Gasteiger partial charge is 0.392 e. The Balaban J connectivity index is 1.75. The summed E-state index contributed by atoms with van der Waals surface area (Å²) in [6.07, 6.45) is 1.92. The van der Waals surface area contributed by atoms with Crippen LogP contribution in [-0.4, -0.2) is 55.9 Å². The molecule has 0 amide bonds. The van der Waals surface area contributed by atoms with Crippen molar-refractivity contribution in [3.8, 4) is 22.5 Å². The number of pyridine rings is 1. The van der Waals surface area contributed by atoms with Crippen LogP contribution in [0.2, 0.25) is 0 Å². The summed E-state index contributed by atoms with van der Waals surface area (Å²) in [5, 5.41) is 19.3. The first-order valence-electron chi connectivity index (χ1n) is 10.5. The Morgan fingerprint density at radius 2 is 2.13 bits per heavy atom. The van der Waals surface area contributed by atoms with E-state index >= 15 is 0 Å². The van der Waals surface area contributed by atoms with Crippen molar-refractivity contribution < 1.29 is 9.84 Å². The number of H-pyrrole nitrogens is 1. The second-order valence-electron chi connectivity index (χ2n) is 8.10. The quantitative estimate of drug-likeness (QED) is 0.529. The van der Waals surface area contributed by atoms with Gasteiger partial charge in [0.2, 0.25) is 0 Å². The van der Waals surface area contributed by atoms with Crippen LogP contribution in [0, 0.1) is 6.92 Å². The number of fused-ring (bicyclic) bond motifs is 1. The van der Waals surface area contributed by atoms with Crippen LogP contribution in [0.4, 0.5) is 5.82 Å². The van der Waals surface area contributed by atoms with Gasteiger partial charge in [-0.25, -0.2) is 9.67 Å². The Kier molecular flexibility index (Phi) is 4.95. The minimum Gasteiger partial charge on any atom is -0.392 e. The molecule has 8 nitrogen and oxygen atoms in total. The van der Waals surface area contributed by atoms with Crippen molar-refractivity contribution in [2.75, 3.05) is 24.7 Å². The summed E-state index contributed by atoms with van der Waals surface area (Å²) in [4.78, 5) is 10.6. The average Bonchev–Trinajstić information content (AvgIpc) is 3.38. The Morgan fingerprint density at radius 1 is 1.26 bits per heavy atom. The van der Waals surface area contributed by atoms with Crippen LogP contribution in [0.3, 0.4) is 0 Å². The molecule has 31 heavy (non-hydrogen) atoms. The van der Waals surface area contributed by atoms with Crippen molar-refractivity contribution in [3.05, 3.63) is 47.8 Å². The molecule has 0 radical (unpaired) electrons. The SMILES string of the molecule is Cc1nnn(C)c1-c1cc(-c2cc(CO)cc3[nH]ccc23)nc(N2CCOCC2C)c1. The zero-order valence-electron chi connectivity index (χ0n) is 18.0. The first kappa shape index (κ1) is 19.7. The summed E-state index contributed by atoms with van der Waals surface area (Å²) in [5.74, 6) is 0.905. The van der Waals surface area contributed by atoms with Gasteiger partial charge in [-0.05, 0) is 49.7 Å². The topological polar surface area (TPSA) is 92.1 Å². The molecule has 1 atom stereocenters. The van der Waals surface area contributed by atoms with Crippen molar-refractivity contribution in [2.45, 2.75) is 26.5 Å². The molecule has 0 bridgehead atoms. The van der Waals surface area contributed by atoms with Crippen LogP contribution in [0.5, 0.6) is 0 Å². The van der Waals surface area contributed by atoms with Crippen molar-refractivity contribution >= 4 is 16.7 Å². The molecule has 3 aromatic heterocycles. The Labute approximate surface area is 180 Å². The van der Waals surface area contributed by atoms with Gasteiger partial charge < -0.3 is 19.7 Å². The number of morpholine rings is 1. The van der Waals surface area contributed by atoms with E-state index in [1.165, 1.54) is 0 Å². The predicted octanol–water partition coefficient (Wildman–Crippen LogP) is 3.05. The van der Waals surface area contributed by atoms with Crippen LogP contribution in [0.15, 0.2) is 36.5 Å². The van der Waals surface area contributed by atoms with Gasteiger partial charge in [0, 0.05) is 41.8 Å². The molecule has 160 valence electrons. The van der Waals surface area contributed by atoms with Gasteiger partial charge in [0.05, 0.1) is 42.9 Å². The van der Waals surface area contributed by atoms with E-state index in [0.29, 0.717) is 13.2 Å². The summed E-state index contributed by atoms with van der Waals surface area (Å²) in [6, 6.07) is 10.5. The van der Waals surface area contributed by atoms with E-state index in [-0.39, 0.29) is 12.6 Å². The molecule has 1 aliphatic heterocycles. The highest BCUT2D eigenvalue weighted by Crippen LogP contribution is 2.35. The third-order valence-electron chi connectivity index (χ3n) is 5.93. The zero-order chi connectivity index (χ0) is 21.5. The first-order chi connectivity index (χ1) is 15.0. The molecule has 8 heteroatoms. The average molecular weight is 419 g/mol. The second kappa shape index (κ2) is 7.79. The number of anilines is 1. The number of benzene rings is 1. The molecule has 0 aliphatic carbocycles. The van der Waals surface area contributed by atoms with Gasteiger partial charge in [-0.15, -0.1) is 5.10 Å². The number of aliphatic hydroxyl groups excluding tert-OH is 1. The molecule has 1 aliphatic rings. The molecule has 0 spiro atoms. The number of hydrogen-bond donors (Lipinski definition) is 2. The number of hydrogen-bond acceptors (Lipinski definition) is 6.